The number of aromatic nitrogens is 2. The van der Waals surface area contributed by atoms with Gasteiger partial charge >= 0.3 is 0 Å². The van der Waals surface area contributed by atoms with Crippen LogP contribution >= 0.6 is 0 Å². The third-order valence-corrected chi connectivity index (χ3v) is 4.54. The van der Waals surface area contributed by atoms with Gasteiger partial charge in [0.05, 0.1) is 23.5 Å². The highest BCUT2D eigenvalue weighted by Crippen LogP contribution is 2.28. The summed E-state index contributed by atoms with van der Waals surface area (Å²) in [7, 11) is 0. The van der Waals surface area contributed by atoms with Crippen molar-refractivity contribution < 1.29 is 13.9 Å². The van der Waals surface area contributed by atoms with Gasteiger partial charge in [0, 0.05) is 19.1 Å². The van der Waals surface area contributed by atoms with E-state index in [-0.39, 0.29) is 17.9 Å². The van der Waals surface area contributed by atoms with Crippen LogP contribution < -0.4 is 5.32 Å². The molecule has 0 aromatic carbocycles. The van der Waals surface area contributed by atoms with Gasteiger partial charge in [-0.3, -0.25) is 9.89 Å². The predicted molar refractivity (Wildman–Crippen MR) is 76.0 cm³/mol. The molecular weight excluding hydrogens is 273 g/mol. The lowest BCUT2D eigenvalue weighted by molar-refractivity contribution is 0.0822. The molecule has 3 rings (SSSR count). The Kier molecular flexibility index (Phi) is 4.53. The van der Waals surface area contributed by atoms with E-state index in [1.165, 1.54) is 0 Å². The Morgan fingerprint density at radius 1 is 1.29 bits per heavy atom. The molecule has 21 heavy (non-hydrogen) atoms. The molecule has 1 aliphatic heterocycles. The summed E-state index contributed by atoms with van der Waals surface area (Å²) >= 11 is 0. The number of ether oxygens (including phenoxy) is 1. The molecule has 1 saturated carbocycles. The summed E-state index contributed by atoms with van der Waals surface area (Å²) < 4.78 is 19.2. The first-order valence-corrected chi connectivity index (χ1v) is 7.81. The predicted octanol–water partition coefficient (Wildman–Crippen LogP) is 2.31. The van der Waals surface area contributed by atoms with Gasteiger partial charge in [-0.1, -0.05) is 12.8 Å². The highest BCUT2D eigenvalue weighted by atomic mass is 19.1. The van der Waals surface area contributed by atoms with E-state index < -0.39 is 6.17 Å². The number of rotatable bonds is 3. The SMILES string of the molecule is O=C(N[C@@H]1CCCC[C@H]1F)c1cn[nH]c1C1CCOCC1. The minimum absolute atomic E-state index is 0.209. The van der Waals surface area contributed by atoms with Gasteiger partial charge in [0.2, 0.25) is 0 Å². The van der Waals surface area contributed by atoms with E-state index in [4.69, 9.17) is 4.74 Å². The van der Waals surface area contributed by atoms with Crippen molar-refractivity contribution in [2.45, 2.75) is 56.7 Å². The van der Waals surface area contributed by atoms with E-state index in [1.54, 1.807) is 6.20 Å². The second-order valence-electron chi connectivity index (χ2n) is 5.96. The molecule has 1 aliphatic carbocycles. The van der Waals surface area contributed by atoms with Gasteiger partial charge in [-0.15, -0.1) is 0 Å². The Balaban J connectivity index is 1.68. The molecule has 6 heteroatoms. The fraction of sp³-hybridized carbons (Fsp3) is 0.733. The van der Waals surface area contributed by atoms with E-state index in [1.807, 2.05) is 0 Å². The topological polar surface area (TPSA) is 67.0 Å². The fourth-order valence-corrected chi connectivity index (χ4v) is 3.27. The maximum Gasteiger partial charge on any atom is 0.255 e. The number of hydrogen-bond donors (Lipinski definition) is 2. The van der Waals surface area contributed by atoms with Crippen LogP contribution in [-0.2, 0) is 4.74 Å². The number of nitrogens with zero attached hydrogens (tertiary/aromatic N) is 1. The molecule has 1 saturated heterocycles. The lowest BCUT2D eigenvalue weighted by Gasteiger charge is -2.27. The zero-order valence-corrected chi connectivity index (χ0v) is 12.1. The van der Waals surface area contributed by atoms with Crippen LogP contribution in [0.3, 0.4) is 0 Å². The first kappa shape index (κ1) is 14.5. The fourth-order valence-electron chi connectivity index (χ4n) is 3.27. The van der Waals surface area contributed by atoms with Crippen LogP contribution in [0.4, 0.5) is 4.39 Å². The summed E-state index contributed by atoms with van der Waals surface area (Å²) in [5, 5.41) is 9.80. The maximum absolute atomic E-state index is 13.9. The molecular formula is C15H22FN3O2. The van der Waals surface area contributed by atoms with E-state index in [2.05, 4.69) is 15.5 Å². The molecule has 0 unspecified atom stereocenters. The molecule has 1 aromatic heterocycles. The van der Waals surface area contributed by atoms with Crippen molar-refractivity contribution in [3.8, 4) is 0 Å². The van der Waals surface area contributed by atoms with Gasteiger partial charge in [-0.25, -0.2) is 4.39 Å². The normalized spacial score (nSPS) is 27.5. The first-order valence-electron chi connectivity index (χ1n) is 7.81. The number of nitrogens with one attached hydrogen (secondary N) is 2. The molecule has 0 bridgehead atoms. The molecule has 2 N–H and O–H groups in total. The van der Waals surface area contributed by atoms with Crippen LogP contribution in [0, 0.1) is 0 Å². The largest absolute Gasteiger partial charge is 0.381 e. The van der Waals surface area contributed by atoms with Crippen molar-refractivity contribution in [1.82, 2.24) is 15.5 Å². The van der Waals surface area contributed by atoms with Crippen LogP contribution in [0.25, 0.3) is 0 Å². The lowest BCUT2D eigenvalue weighted by Crippen LogP contribution is -2.43. The number of halogens is 1. The van der Waals surface area contributed by atoms with Gasteiger partial charge in [-0.2, -0.15) is 5.10 Å². The van der Waals surface area contributed by atoms with E-state index in [9.17, 15) is 9.18 Å². The van der Waals surface area contributed by atoms with E-state index in [0.29, 0.717) is 25.2 Å². The highest BCUT2D eigenvalue weighted by molar-refractivity contribution is 5.95. The van der Waals surface area contributed by atoms with Crippen LogP contribution in [0.15, 0.2) is 6.20 Å². The Morgan fingerprint density at radius 3 is 2.81 bits per heavy atom. The Labute approximate surface area is 123 Å². The van der Waals surface area contributed by atoms with Crippen molar-refractivity contribution in [3.63, 3.8) is 0 Å². The maximum atomic E-state index is 13.9. The lowest BCUT2D eigenvalue weighted by atomic mass is 9.92. The Hall–Kier alpha value is -1.43. The van der Waals surface area contributed by atoms with E-state index in [0.717, 1.165) is 37.8 Å². The summed E-state index contributed by atoms with van der Waals surface area (Å²) in [5.74, 6) is 0.0642. The standard InChI is InChI=1S/C15H22FN3O2/c16-12-3-1-2-4-13(12)18-15(20)11-9-17-19-14(11)10-5-7-21-8-6-10/h9-10,12-13H,1-8H2,(H,17,19)(H,18,20)/t12-,13-/m1/s1. The average Bonchev–Trinajstić information content (AvgIpc) is 3.00. The molecule has 2 aliphatic rings. The van der Waals surface area contributed by atoms with Crippen LogP contribution in [-0.4, -0.2) is 41.5 Å². The number of aromatic amines is 1. The number of carbonyl (C=O) groups is 1. The minimum Gasteiger partial charge on any atom is -0.381 e. The van der Waals surface area contributed by atoms with Gasteiger partial charge < -0.3 is 10.1 Å². The molecule has 0 spiro atoms. The van der Waals surface area contributed by atoms with Gasteiger partial charge in [0.1, 0.15) is 6.17 Å². The van der Waals surface area contributed by atoms with Gasteiger partial charge in [-0.05, 0) is 25.7 Å². The second kappa shape index (κ2) is 6.56. The summed E-state index contributed by atoms with van der Waals surface area (Å²) in [6.07, 6.45) is 5.54. The quantitative estimate of drug-likeness (QED) is 0.899. The smallest absolute Gasteiger partial charge is 0.255 e. The zero-order chi connectivity index (χ0) is 14.7. The third kappa shape index (κ3) is 3.26. The van der Waals surface area contributed by atoms with Crippen molar-refractivity contribution in [2.75, 3.05) is 13.2 Å². The van der Waals surface area contributed by atoms with Crippen molar-refractivity contribution in [3.05, 3.63) is 17.5 Å². The number of alkyl halides is 1. The Bertz CT molecular complexity index is 485. The molecule has 1 amide bonds. The number of carbonyl (C=O) groups excluding carboxylic acids is 1. The third-order valence-electron chi connectivity index (χ3n) is 4.54. The van der Waals surface area contributed by atoms with Gasteiger partial charge in [0.15, 0.2) is 0 Å². The summed E-state index contributed by atoms with van der Waals surface area (Å²) in [5.41, 5.74) is 1.42. The molecule has 116 valence electrons. The zero-order valence-electron chi connectivity index (χ0n) is 12.1. The number of H-pyrrole nitrogens is 1. The summed E-state index contributed by atoms with van der Waals surface area (Å²) in [6.45, 7) is 1.42. The molecule has 5 nitrogen and oxygen atoms in total. The van der Waals surface area contributed by atoms with E-state index >= 15 is 0 Å². The minimum atomic E-state index is -0.930. The molecule has 2 heterocycles. The van der Waals surface area contributed by atoms with Crippen LogP contribution in [0.1, 0.15) is 60.5 Å². The highest BCUT2D eigenvalue weighted by Gasteiger charge is 2.29. The van der Waals surface area contributed by atoms with Crippen molar-refractivity contribution in [1.29, 1.82) is 0 Å². The number of amides is 1. The monoisotopic (exact) mass is 295 g/mol. The molecule has 2 fully saturated rings. The van der Waals surface area contributed by atoms with Crippen molar-refractivity contribution in [2.24, 2.45) is 0 Å². The average molecular weight is 295 g/mol. The molecule has 2 atom stereocenters. The molecule has 1 aromatic rings. The number of hydrogen-bond acceptors (Lipinski definition) is 3. The Morgan fingerprint density at radius 2 is 2.05 bits per heavy atom. The summed E-state index contributed by atoms with van der Waals surface area (Å²) in [4.78, 5) is 12.4. The van der Waals surface area contributed by atoms with Gasteiger partial charge in [0.25, 0.3) is 5.91 Å². The summed E-state index contributed by atoms with van der Waals surface area (Å²) in [6, 6.07) is -0.358. The second-order valence-corrected chi connectivity index (χ2v) is 5.96. The van der Waals surface area contributed by atoms with Crippen LogP contribution in [0.5, 0.6) is 0 Å². The van der Waals surface area contributed by atoms with Crippen molar-refractivity contribution >= 4 is 5.91 Å². The first-order chi connectivity index (χ1) is 10.3. The molecule has 0 radical (unpaired) electrons. The van der Waals surface area contributed by atoms with Crippen LogP contribution in [0.2, 0.25) is 0 Å².